The van der Waals surface area contributed by atoms with E-state index in [1.807, 2.05) is 0 Å². The summed E-state index contributed by atoms with van der Waals surface area (Å²) in [7, 11) is 0. The van der Waals surface area contributed by atoms with Crippen LogP contribution in [0.3, 0.4) is 0 Å². The Labute approximate surface area is 126 Å². The normalized spacial score (nSPS) is 10.9. The maximum Gasteiger partial charge on any atom is 0.329 e. The smallest absolute Gasteiger partial charge is 0.329 e. The quantitative estimate of drug-likeness (QED) is 0.616. The number of nitrogens with zero attached hydrogens (tertiary/aromatic N) is 1. The van der Waals surface area contributed by atoms with Crippen LogP contribution in [0.4, 0.5) is 5.82 Å². The van der Waals surface area contributed by atoms with Gasteiger partial charge in [0.1, 0.15) is 5.82 Å². The highest BCUT2D eigenvalue weighted by atomic mass is 16.2. The Morgan fingerprint density at radius 2 is 1.48 bits per heavy atom. The molecule has 0 saturated carbocycles. The van der Waals surface area contributed by atoms with E-state index in [9.17, 15) is 9.59 Å². The van der Waals surface area contributed by atoms with Gasteiger partial charge in [0, 0.05) is 12.6 Å². The largest absolute Gasteiger partial charge is 0.385 e. The third-order valence-electron chi connectivity index (χ3n) is 3.78. The van der Waals surface area contributed by atoms with E-state index in [0.717, 1.165) is 12.8 Å². The second-order valence-electron chi connectivity index (χ2n) is 5.70. The Morgan fingerprint density at radius 1 is 0.952 bits per heavy atom. The number of aromatic amines is 1. The molecule has 1 aromatic rings. The highest BCUT2D eigenvalue weighted by Gasteiger charge is 2.02. The van der Waals surface area contributed by atoms with Crippen molar-refractivity contribution in [1.29, 1.82) is 0 Å². The van der Waals surface area contributed by atoms with Gasteiger partial charge in [-0.15, -0.1) is 0 Å². The first-order chi connectivity index (χ1) is 10.1. The van der Waals surface area contributed by atoms with Crippen LogP contribution in [-0.2, 0) is 6.54 Å². The van der Waals surface area contributed by atoms with Gasteiger partial charge in [-0.05, 0) is 6.42 Å². The van der Waals surface area contributed by atoms with Crippen LogP contribution in [0, 0.1) is 0 Å². The summed E-state index contributed by atoms with van der Waals surface area (Å²) in [6.45, 7) is 2.71. The second kappa shape index (κ2) is 10.2. The number of nitrogen functional groups attached to an aromatic ring is 1. The molecule has 3 N–H and O–H groups in total. The van der Waals surface area contributed by atoms with Gasteiger partial charge in [-0.1, -0.05) is 64.7 Å². The molecule has 1 heterocycles. The highest BCUT2D eigenvalue weighted by Crippen LogP contribution is 2.10. The molecule has 0 unspecified atom stereocenters. The SMILES string of the molecule is CCCCCCCCCCCCn1c(=O)cc(N)[nH]c1=O. The monoisotopic (exact) mass is 295 g/mol. The van der Waals surface area contributed by atoms with Crippen molar-refractivity contribution in [3.8, 4) is 0 Å². The van der Waals surface area contributed by atoms with Crippen LogP contribution in [0.5, 0.6) is 0 Å². The van der Waals surface area contributed by atoms with Crippen molar-refractivity contribution in [2.75, 3.05) is 5.73 Å². The van der Waals surface area contributed by atoms with Crippen molar-refractivity contribution >= 4 is 5.82 Å². The summed E-state index contributed by atoms with van der Waals surface area (Å²) in [5.41, 5.74) is 4.69. The number of nitrogens with two attached hydrogens (primary N) is 1. The molecular weight excluding hydrogens is 266 g/mol. The molecule has 0 saturated heterocycles. The lowest BCUT2D eigenvalue weighted by Crippen LogP contribution is -2.35. The Hall–Kier alpha value is -1.52. The van der Waals surface area contributed by atoms with Crippen LogP contribution >= 0.6 is 0 Å². The summed E-state index contributed by atoms with van der Waals surface area (Å²) in [4.78, 5) is 25.6. The first-order valence-corrected chi connectivity index (χ1v) is 8.24. The molecule has 1 rings (SSSR count). The van der Waals surface area contributed by atoms with E-state index >= 15 is 0 Å². The molecule has 0 aliphatic rings. The number of H-pyrrole nitrogens is 1. The molecule has 21 heavy (non-hydrogen) atoms. The molecule has 0 aromatic carbocycles. The molecule has 120 valence electrons. The molecule has 0 atom stereocenters. The zero-order valence-electron chi connectivity index (χ0n) is 13.2. The average molecular weight is 295 g/mol. The van der Waals surface area contributed by atoms with Crippen LogP contribution in [0.2, 0.25) is 0 Å². The Bertz CT molecular complexity index is 474. The number of hydrogen-bond donors (Lipinski definition) is 2. The minimum absolute atomic E-state index is 0.129. The topological polar surface area (TPSA) is 80.9 Å². The first-order valence-electron chi connectivity index (χ1n) is 8.24. The summed E-state index contributed by atoms with van der Waals surface area (Å²) >= 11 is 0. The molecule has 5 heteroatoms. The van der Waals surface area contributed by atoms with E-state index < -0.39 is 5.69 Å². The predicted octanol–water partition coefficient (Wildman–Crippen LogP) is 3.04. The number of aromatic nitrogens is 2. The maximum absolute atomic E-state index is 11.6. The lowest BCUT2D eigenvalue weighted by Gasteiger charge is -2.05. The van der Waals surface area contributed by atoms with Crippen LogP contribution in [-0.4, -0.2) is 9.55 Å². The van der Waals surface area contributed by atoms with Crippen molar-refractivity contribution in [2.45, 2.75) is 77.7 Å². The van der Waals surface area contributed by atoms with Crippen LogP contribution in [0.1, 0.15) is 71.1 Å². The lowest BCUT2D eigenvalue weighted by molar-refractivity contribution is 0.521. The molecule has 5 nitrogen and oxygen atoms in total. The zero-order valence-corrected chi connectivity index (χ0v) is 13.2. The molecule has 0 aliphatic carbocycles. The summed E-state index contributed by atoms with van der Waals surface area (Å²) in [5.74, 6) is 0.129. The van der Waals surface area contributed by atoms with Crippen molar-refractivity contribution < 1.29 is 0 Å². The van der Waals surface area contributed by atoms with Gasteiger partial charge in [0.25, 0.3) is 5.56 Å². The van der Waals surface area contributed by atoms with Crippen molar-refractivity contribution in [2.24, 2.45) is 0 Å². The van der Waals surface area contributed by atoms with Gasteiger partial charge in [0.05, 0.1) is 0 Å². The molecule has 1 aromatic heterocycles. The van der Waals surface area contributed by atoms with Gasteiger partial charge in [0.2, 0.25) is 0 Å². The van der Waals surface area contributed by atoms with E-state index in [-0.39, 0.29) is 11.4 Å². The summed E-state index contributed by atoms with van der Waals surface area (Å²) in [6, 6.07) is 1.26. The molecule has 0 radical (unpaired) electrons. The fraction of sp³-hybridized carbons (Fsp3) is 0.750. The Kier molecular flexibility index (Phi) is 8.55. The van der Waals surface area contributed by atoms with Crippen molar-refractivity contribution in [3.05, 3.63) is 26.9 Å². The zero-order chi connectivity index (χ0) is 15.5. The molecule has 0 spiro atoms. The molecule has 0 bridgehead atoms. The van der Waals surface area contributed by atoms with Crippen LogP contribution in [0.15, 0.2) is 15.7 Å². The molecular formula is C16H29N3O2. The number of rotatable bonds is 11. The van der Waals surface area contributed by atoms with Gasteiger partial charge < -0.3 is 5.73 Å². The van der Waals surface area contributed by atoms with Gasteiger partial charge in [-0.25, -0.2) is 4.79 Å². The fourth-order valence-corrected chi connectivity index (χ4v) is 2.51. The van der Waals surface area contributed by atoms with E-state index in [4.69, 9.17) is 5.73 Å². The van der Waals surface area contributed by atoms with Gasteiger partial charge in [-0.2, -0.15) is 0 Å². The third kappa shape index (κ3) is 7.16. The lowest BCUT2D eigenvalue weighted by atomic mass is 10.1. The second-order valence-corrected chi connectivity index (χ2v) is 5.70. The number of hydrogen-bond acceptors (Lipinski definition) is 3. The van der Waals surface area contributed by atoms with Gasteiger partial charge >= 0.3 is 5.69 Å². The van der Waals surface area contributed by atoms with E-state index in [1.165, 1.54) is 62.0 Å². The highest BCUT2D eigenvalue weighted by molar-refractivity contribution is 5.23. The standard InChI is InChI=1S/C16H29N3O2/c1-2-3-4-5-6-7-8-9-10-11-12-19-15(20)13-14(17)18-16(19)21/h13H,2-12,17H2,1H3,(H,18,21). The maximum atomic E-state index is 11.6. The third-order valence-corrected chi connectivity index (χ3v) is 3.78. The average Bonchev–Trinajstić information content (AvgIpc) is 2.43. The minimum atomic E-state index is -0.407. The molecule has 0 aliphatic heterocycles. The van der Waals surface area contributed by atoms with Gasteiger partial charge in [0.15, 0.2) is 0 Å². The van der Waals surface area contributed by atoms with Crippen molar-refractivity contribution in [1.82, 2.24) is 9.55 Å². The summed E-state index contributed by atoms with van der Waals surface area (Å²) in [5, 5.41) is 0. The summed E-state index contributed by atoms with van der Waals surface area (Å²) in [6.07, 6.45) is 12.3. The number of anilines is 1. The molecule has 0 amide bonds. The fourth-order valence-electron chi connectivity index (χ4n) is 2.51. The molecule has 0 fully saturated rings. The Morgan fingerprint density at radius 3 is 2.00 bits per heavy atom. The van der Waals surface area contributed by atoms with E-state index in [2.05, 4.69) is 11.9 Å². The van der Waals surface area contributed by atoms with Crippen molar-refractivity contribution in [3.63, 3.8) is 0 Å². The van der Waals surface area contributed by atoms with Crippen LogP contribution < -0.4 is 17.0 Å². The number of unbranched alkanes of at least 4 members (excludes halogenated alkanes) is 9. The number of nitrogens with one attached hydrogen (secondary N) is 1. The Balaban J connectivity index is 2.10. The first kappa shape index (κ1) is 17.5. The van der Waals surface area contributed by atoms with Crippen LogP contribution in [0.25, 0.3) is 0 Å². The van der Waals surface area contributed by atoms with Gasteiger partial charge in [-0.3, -0.25) is 14.3 Å². The minimum Gasteiger partial charge on any atom is -0.385 e. The summed E-state index contributed by atoms with van der Waals surface area (Å²) < 4.78 is 1.22. The van der Waals surface area contributed by atoms with E-state index in [1.54, 1.807) is 0 Å². The predicted molar refractivity (Wildman–Crippen MR) is 87.6 cm³/mol. The van der Waals surface area contributed by atoms with E-state index in [0.29, 0.717) is 6.54 Å².